The summed E-state index contributed by atoms with van der Waals surface area (Å²) in [4.78, 5) is 11.2. The van der Waals surface area contributed by atoms with Gasteiger partial charge in [-0.25, -0.2) is 0 Å². The molecule has 3 nitrogen and oxygen atoms in total. The third kappa shape index (κ3) is 0.654. The highest BCUT2D eigenvalue weighted by molar-refractivity contribution is 5.77. The van der Waals surface area contributed by atoms with E-state index in [1.807, 2.05) is 6.92 Å². The molecule has 72 valence electrons. The maximum atomic E-state index is 11.2. The summed E-state index contributed by atoms with van der Waals surface area (Å²) in [5.41, 5.74) is 6.61. The lowest BCUT2D eigenvalue weighted by atomic mass is 10.1. The van der Waals surface area contributed by atoms with Crippen LogP contribution in [0.15, 0.2) is 0 Å². The second-order valence-corrected chi connectivity index (χ2v) is 4.87. The van der Waals surface area contributed by atoms with Gasteiger partial charge in [0.2, 0.25) is 5.91 Å². The van der Waals surface area contributed by atoms with Crippen LogP contribution in [-0.4, -0.2) is 17.5 Å². The fraction of sp³-hybridized carbons (Fsp3) is 0.900. The van der Waals surface area contributed by atoms with Gasteiger partial charge in [-0.15, -0.1) is 0 Å². The Bertz CT molecular complexity index is 287. The lowest BCUT2D eigenvalue weighted by molar-refractivity contribution is -0.121. The number of amides is 1. The van der Waals surface area contributed by atoms with E-state index in [1.165, 1.54) is 12.8 Å². The number of carbonyl (C=O) groups is 1. The molecule has 4 unspecified atom stereocenters. The largest absolute Gasteiger partial charge is 0.351 e. The molecule has 3 heteroatoms. The summed E-state index contributed by atoms with van der Waals surface area (Å²) in [6.45, 7) is 1.89. The molecule has 0 saturated heterocycles. The van der Waals surface area contributed by atoms with Crippen LogP contribution in [0, 0.1) is 11.3 Å². The Morgan fingerprint density at radius 2 is 2.46 bits per heavy atom. The molecule has 1 spiro atoms. The van der Waals surface area contributed by atoms with Gasteiger partial charge in [0.25, 0.3) is 0 Å². The topological polar surface area (TPSA) is 55.1 Å². The third-order valence-electron chi connectivity index (χ3n) is 4.50. The van der Waals surface area contributed by atoms with Gasteiger partial charge in [-0.2, -0.15) is 0 Å². The summed E-state index contributed by atoms with van der Waals surface area (Å²) in [5.74, 6) is 0.990. The summed E-state index contributed by atoms with van der Waals surface area (Å²) in [6, 6.07) is 0.311. The van der Waals surface area contributed by atoms with Crippen LogP contribution in [0.25, 0.3) is 0 Å². The van der Waals surface area contributed by atoms with Crippen molar-refractivity contribution >= 4 is 5.91 Å². The second-order valence-electron chi connectivity index (χ2n) is 4.87. The van der Waals surface area contributed by atoms with Crippen molar-refractivity contribution in [2.45, 2.75) is 44.2 Å². The van der Waals surface area contributed by atoms with Crippen LogP contribution in [-0.2, 0) is 4.79 Å². The molecule has 0 heterocycles. The van der Waals surface area contributed by atoms with E-state index in [4.69, 9.17) is 5.73 Å². The first-order valence-corrected chi connectivity index (χ1v) is 5.23. The molecular weight excluding hydrogens is 164 g/mol. The summed E-state index contributed by atoms with van der Waals surface area (Å²) in [7, 11) is 0. The minimum Gasteiger partial charge on any atom is -0.351 e. The highest BCUT2D eigenvalue weighted by Crippen LogP contribution is 2.82. The van der Waals surface area contributed by atoms with Crippen molar-refractivity contribution in [1.82, 2.24) is 5.32 Å². The standard InChI is InChI=1S/C10H16N2O/c1-2-7(13)12-8-9-5-6(9)3-4-10(8,9)11/h6,8H,2-5,11H2,1H3,(H,12,13). The fourth-order valence-corrected chi connectivity index (χ4v) is 3.59. The number of nitrogens with two attached hydrogens (primary N) is 1. The highest BCUT2D eigenvalue weighted by atomic mass is 16.1. The van der Waals surface area contributed by atoms with E-state index >= 15 is 0 Å². The van der Waals surface area contributed by atoms with Gasteiger partial charge in [0.1, 0.15) is 0 Å². The van der Waals surface area contributed by atoms with Gasteiger partial charge < -0.3 is 11.1 Å². The van der Waals surface area contributed by atoms with E-state index in [1.54, 1.807) is 0 Å². The van der Waals surface area contributed by atoms with Crippen molar-refractivity contribution < 1.29 is 4.79 Å². The lowest BCUT2D eigenvalue weighted by Gasteiger charge is -2.09. The SMILES string of the molecule is CCC(=O)NC1C2(N)CCC3CC312. The van der Waals surface area contributed by atoms with Crippen molar-refractivity contribution in [2.75, 3.05) is 0 Å². The average molecular weight is 180 g/mol. The predicted octanol–water partition coefficient (Wildman–Crippen LogP) is 0.392. The van der Waals surface area contributed by atoms with Crippen LogP contribution in [0.1, 0.15) is 32.6 Å². The predicted molar refractivity (Wildman–Crippen MR) is 48.9 cm³/mol. The molecule has 0 aromatic rings. The molecule has 4 atom stereocenters. The molecule has 3 aliphatic carbocycles. The number of carbonyl (C=O) groups excluding carboxylic acids is 1. The zero-order valence-corrected chi connectivity index (χ0v) is 7.97. The molecule has 3 fully saturated rings. The molecule has 3 aliphatic rings. The van der Waals surface area contributed by atoms with E-state index in [9.17, 15) is 4.79 Å². The van der Waals surface area contributed by atoms with Crippen LogP contribution < -0.4 is 11.1 Å². The normalized spacial score (nSPS) is 55.2. The molecule has 3 saturated carbocycles. The van der Waals surface area contributed by atoms with E-state index in [0.717, 1.165) is 12.3 Å². The van der Waals surface area contributed by atoms with Gasteiger partial charge >= 0.3 is 0 Å². The minimum atomic E-state index is -0.0114. The van der Waals surface area contributed by atoms with Crippen LogP contribution in [0.3, 0.4) is 0 Å². The zero-order valence-electron chi connectivity index (χ0n) is 7.97. The van der Waals surface area contributed by atoms with Gasteiger partial charge in [-0.3, -0.25) is 4.79 Å². The summed E-state index contributed by atoms with van der Waals surface area (Å²) >= 11 is 0. The van der Waals surface area contributed by atoms with Gasteiger partial charge in [0.15, 0.2) is 0 Å². The Balaban J connectivity index is 1.74. The quantitative estimate of drug-likeness (QED) is 0.646. The summed E-state index contributed by atoms with van der Waals surface area (Å²) < 4.78 is 0. The number of hydrogen-bond donors (Lipinski definition) is 2. The van der Waals surface area contributed by atoms with Crippen molar-refractivity contribution in [1.29, 1.82) is 0 Å². The van der Waals surface area contributed by atoms with Gasteiger partial charge in [-0.1, -0.05) is 6.92 Å². The first kappa shape index (κ1) is 7.80. The van der Waals surface area contributed by atoms with Crippen molar-refractivity contribution in [3.63, 3.8) is 0 Å². The van der Waals surface area contributed by atoms with Gasteiger partial charge in [0.05, 0.1) is 6.04 Å². The van der Waals surface area contributed by atoms with Crippen molar-refractivity contribution in [3.05, 3.63) is 0 Å². The van der Waals surface area contributed by atoms with E-state index in [2.05, 4.69) is 5.32 Å². The third-order valence-corrected chi connectivity index (χ3v) is 4.50. The molecule has 0 radical (unpaired) electrons. The number of rotatable bonds is 2. The smallest absolute Gasteiger partial charge is 0.220 e. The van der Waals surface area contributed by atoms with E-state index in [-0.39, 0.29) is 11.4 Å². The Morgan fingerprint density at radius 3 is 2.92 bits per heavy atom. The highest BCUT2D eigenvalue weighted by Gasteiger charge is 2.88. The second kappa shape index (κ2) is 1.92. The number of nitrogens with one attached hydrogen (secondary N) is 1. The monoisotopic (exact) mass is 180 g/mol. The number of hydrogen-bond acceptors (Lipinski definition) is 2. The molecule has 0 bridgehead atoms. The van der Waals surface area contributed by atoms with E-state index < -0.39 is 0 Å². The first-order valence-electron chi connectivity index (χ1n) is 5.23. The summed E-state index contributed by atoms with van der Waals surface area (Å²) in [6.07, 6.45) is 4.24. The Kier molecular flexibility index (Phi) is 1.15. The minimum absolute atomic E-state index is 0.0114. The molecule has 0 aliphatic heterocycles. The molecule has 3 rings (SSSR count). The molecular formula is C10H16N2O. The fourth-order valence-electron chi connectivity index (χ4n) is 3.59. The zero-order chi connectivity index (χ0) is 9.27. The maximum Gasteiger partial charge on any atom is 0.220 e. The molecule has 0 aromatic carbocycles. The average Bonchev–Trinajstić information content (AvgIpc) is 2.92. The van der Waals surface area contributed by atoms with Crippen LogP contribution in [0.5, 0.6) is 0 Å². The molecule has 1 amide bonds. The Morgan fingerprint density at radius 1 is 1.69 bits per heavy atom. The lowest BCUT2D eigenvalue weighted by Crippen LogP contribution is -2.36. The van der Waals surface area contributed by atoms with Crippen LogP contribution >= 0.6 is 0 Å². The van der Waals surface area contributed by atoms with E-state index in [0.29, 0.717) is 17.9 Å². The van der Waals surface area contributed by atoms with Crippen molar-refractivity contribution in [2.24, 2.45) is 17.1 Å². The Hall–Kier alpha value is -0.570. The summed E-state index contributed by atoms with van der Waals surface area (Å²) in [5, 5.41) is 3.06. The van der Waals surface area contributed by atoms with Crippen molar-refractivity contribution in [3.8, 4) is 0 Å². The molecule has 13 heavy (non-hydrogen) atoms. The maximum absolute atomic E-state index is 11.2. The van der Waals surface area contributed by atoms with Gasteiger partial charge in [0, 0.05) is 17.4 Å². The van der Waals surface area contributed by atoms with Gasteiger partial charge in [-0.05, 0) is 25.2 Å². The Labute approximate surface area is 78.1 Å². The molecule has 3 N–H and O–H groups in total. The molecule has 0 aromatic heterocycles. The first-order chi connectivity index (χ1) is 6.15. The van der Waals surface area contributed by atoms with Crippen LogP contribution in [0.4, 0.5) is 0 Å². The van der Waals surface area contributed by atoms with Crippen LogP contribution in [0.2, 0.25) is 0 Å².